The molecule has 2 aliphatic heterocycles. The van der Waals surface area contributed by atoms with Gasteiger partial charge in [-0.05, 0) is 48.1 Å². The molecule has 3 aliphatic rings. The highest BCUT2D eigenvalue weighted by atomic mass is 32.2. The van der Waals surface area contributed by atoms with Crippen molar-refractivity contribution < 1.29 is 23.1 Å². The summed E-state index contributed by atoms with van der Waals surface area (Å²) in [6.07, 6.45) is 5.21. The largest absolute Gasteiger partial charge is 0.488 e. The molecule has 0 saturated heterocycles. The molecule has 2 aromatic carbocycles. The van der Waals surface area contributed by atoms with Crippen LogP contribution in [0.25, 0.3) is 11.1 Å². The van der Waals surface area contributed by atoms with Crippen LogP contribution in [0.4, 0.5) is 5.69 Å². The third-order valence-corrected chi connectivity index (χ3v) is 8.44. The smallest absolute Gasteiger partial charge is 0.335 e. The van der Waals surface area contributed by atoms with E-state index in [-0.39, 0.29) is 22.5 Å². The van der Waals surface area contributed by atoms with Crippen LogP contribution in [0.2, 0.25) is 0 Å². The topological polar surface area (TPSA) is 95.9 Å². The van der Waals surface area contributed by atoms with Crippen LogP contribution in [0.5, 0.6) is 5.75 Å². The Morgan fingerprint density at radius 3 is 2.63 bits per heavy atom. The molecule has 0 radical (unpaired) electrons. The minimum atomic E-state index is -3.68. The van der Waals surface area contributed by atoms with E-state index < -0.39 is 16.0 Å². The monoisotopic (exact) mass is 428 g/mol. The van der Waals surface area contributed by atoms with Crippen molar-refractivity contribution in [2.75, 3.05) is 12.4 Å². The molecule has 0 spiro atoms. The molecule has 0 amide bonds. The second kappa shape index (κ2) is 6.99. The lowest BCUT2D eigenvalue weighted by Crippen LogP contribution is -2.50. The van der Waals surface area contributed by atoms with Crippen molar-refractivity contribution in [3.05, 3.63) is 41.5 Å². The molecule has 5 rings (SSSR count). The standard InChI is InChI=1S/C22H24N2O5S/c1-24-21(13-5-3-2-4-6-13)23-18-11-19-17(10-20(18)30(24,27)28)16-9-14(22(25)26)7-8-15(16)12-29-19/h7-11,13,21,23H,2-6,12H2,1H3,(H,25,26)/t21-/m1/s1. The second-order valence-electron chi connectivity index (χ2n) is 8.32. The molecule has 7 nitrogen and oxygen atoms in total. The van der Waals surface area contributed by atoms with Crippen LogP contribution in [-0.2, 0) is 16.6 Å². The fourth-order valence-corrected chi connectivity index (χ4v) is 6.37. The molecule has 2 aromatic rings. The zero-order valence-electron chi connectivity index (χ0n) is 16.7. The number of carbonyl (C=O) groups is 1. The van der Waals surface area contributed by atoms with Crippen molar-refractivity contribution in [3.8, 4) is 16.9 Å². The van der Waals surface area contributed by atoms with Crippen LogP contribution < -0.4 is 10.1 Å². The average molecular weight is 429 g/mol. The number of ether oxygens (including phenoxy) is 1. The number of hydrogen-bond acceptors (Lipinski definition) is 5. The van der Waals surface area contributed by atoms with Crippen molar-refractivity contribution in [1.82, 2.24) is 4.31 Å². The van der Waals surface area contributed by atoms with E-state index in [0.29, 0.717) is 29.2 Å². The van der Waals surface area contributed by atoms with Gasteiger partial charge in [0.25, 0.3) is 0 Å². The Kier molecular flexibility index (Phi) is 4.52. The van der Waals surface area contributed by atoms with E-state index in [0.717, 1.165) is 31.2 Å². The number of rotatable bonds is 2. The van der Waals surface area contributed by atoms with Gasteiger partial charge in [0.2, 0.25) is 10.0 Å². The number of anilines is 1. The van der Waals surface area contributed by atoms with Gasteiger partial charge in [0.05, 0.1) is 17.4 Å². The Balaban J connectivity index is 1.62. The molecule has 0 aromatic heterocycles. The van der Waals surface area contributed by atoms with Gasteiger partial charge in [-0.15, -0.1) is 0 Å². The van der Waals surface area contributed by atoms with Crippen molar-refractivity contribution in [1.29, 1.82) is 0 Å². The van der Waals surface area contributed by atoms with E-state index in [9.17, 15) is 18.3 Å². The molecule has 2 heterocycles. The van der Waals surface area contributed by atoms with Gasteiger partial charge in [0.1, 0.15) is 17.3 Å². The third-order valence-electron chi connectivity index (χ3n) is 6.56. The van der Waals surface area contributed by atoms with E-state index in [1.165, 1.54) is 16.8 Å². The number of carboxylic acids is 1. The fraction of sp³-hybridized carbons (Fsp3) is 0.409. The van der Waals surface area contributed by atoms with Gasteiger partial charge in [0.15, 0.2) is 0 Å². The lowest BCUT2D eigenvalue weighted by Gasteiger charge is -2.41. The summed E-state index contributed by atoms with van der Waals surface area (Å²) < 4.78 is 34.1. The Hall–Kier alpha value is -2.58. The van der Waals surface area contributed by atoms with Crippen LogP contribution in [0.3, 0.4) is 0 Å². The summed E-state index contributed by atoms with van der Waals surface area (Å²) in [5.41, 5.74) is 2.86. The molecule has 1 fully saturated rings. The summed E-state index contributed by atoms with van der Waals surface area (Å²) in [4.78, 5) is 11.6. The van der Waals surface area contributed by atoms with Crippen LogP contribution in [0.15, 0.2) is 35.2 Å². The fourth-order valence-electron chi connectivity index (χ4n) is 4.88. The number of nitrogens with one attached hydrogen (secondary N) is 1. The maximum atomic E-state index is 13.4. The van der Waals surface area contributed by atoms with E-state index >= 15 is 0 Å². The highest BCUT2D eigenvalue weighted by Gasteiger charge is 2.40. The summed E-state index contributed by atoms with van der Waals surface area (Å²) in [5.74, 6) is -0.172. The first-order valence-electron chi connectivity index (χ1n) is 10.3. The van der Waals surface area contributed by atoms with Gasteiger partial charge in [-0.2, -0.15) is 4.31 Å². The summed E-state index contributed by atoms with van der Waals surface area (Å²) in [6.45, 7) is 0.319. The van der Waals surface area contributed by atoms with Gasteiger partial charge in [0, 0.05) is 18.7 Å². The molecule has 0 bridgehead atoms. The van der Waals surface area contributed by atoms with Crippen LogP contribution in [0, 0.1) is 5.92 Å². The zero-order chi connectivity index (χ0) is 21.0. The molecule has 158 valence electrons. The van der Waals surface area contributed by atoms with Crippen molar-refractivity contribution in [3.63, 3.8) is 0 Å². The van der Waals surface area contributed by atoms with E-state index in [1.54, 1.807) is 31.3 Å². The normalized spacial score (nSPS) is 22.8. The maximum Gasteiger partial charge on any atom is 0.335 e. The zero-order valence-corrected chi connectivity index (χ0v) is 17.5. The molecule has 1 atom stereocenters. The van der Waals surface area contributed by atoms with E-state index in [4.69, 9.17) is 4.74 Å². The van der Waals surface area contributed by atoms with Gasteiger partial charge in [-0.25, -0.2) is 13.2 Å². The number of fused-ring (bicyclic) bond motifs is 4. The molecule has 8 heteroatoms. The number of aromatic carboxylic acids is 1. The van der Waals surface area contributed by atoms with Gasteiger partial charge in [-0.1, -0.05) is 25.3 Å². The molecule has 1 aliphatic carbocycles. The quantitative estimate of drug-likeness (QED) is 0.753. The lowest BCUT2D eigenvalue weighted by atomic mass is 9.86. The Morgan fingerprint density at radius 2 is 1.90 bits per heavy atom. The Labute approximate surface area is 175 Å². The van der Waals surface area contributed by atoms with Crippen LogP contribution in [-0.4, -0.2) is 37.0 Å². The molecular weight excluding hydrogens is 404 g/mol. The van der Waals surface area contributed by atoms with Crippen molar-refractivity contribution in [2.24, 2.45) is 5.92 Å². The number of hydrogen-bond donors (Lipinski definition) is 2. The second-order valence-corrected chi connectivity index (χ2v) is 10.3. The SMILES string of the molecule is CN1[C@H](C2CCCCC2)Nc2cc3c(cc2S1(=O)=O)-c1cc(C(=O)O)ccc1CO3. The van der Waals surface area contributed by atoms with Crippen LogP contribution >= 0.6 is 0 Å². The van der Waals surface area contributed by atoms with Gasteiger partial charge < -0.3 is 15.2 Å². The summed E-state index contributed by atoms with van der Waals surface area (Å²) in [7, 11) is -2.05. The van der Waals surface area contributed by atoms with E-state index in [2.05, 4.69) is 5.32 Å². The first-order valence-corrected chi connectivity index (χ1v) is 11.7. The average Bonchev–Trinajstić information content (AvgIpc) is 2.75. The number of carboxylic acid groups (broad SMARTS) is 1. The first kappa shape index (κ1) is 19.4. The molecule has 2 N–H and O–H groups in total. The molecule has 0 unspecified atom stereocenters. The number of nitrogens with zero attached hydrogens (tertiary/aromatic N) is 1. The summed E-state index contributed by atoms with van der Waals surface area (Å²) >= 11 is 0. The lowest BCUT2D eigenvalue weighted by molar-refractivity contribution is 0.0697. The first-order chi connectivity index (χ1) is 14.4. The molecular formula is C22H24N2O5S. The third kappa shape index (κ3) is 2.97. The molecule has 30 heavy (non-hydrogen) atoms. The molecule has 1 saturated carbocycles. The number of benzene rings is 2. The number of sulfonamides is 1. The maximum absolute atomic E-state index is 13.4. The predicted octanol–water partition coefficient (Wildman–Crippen LogP) is 3.90. The van der Waals surface area contributed by atoms with Gasteiger partial charge >= 0.3 is 5.97 Å². The minimum Gasteiger partial charge on any atom is -0.488 e. The minimum absolute atomic E-state index is 0.162. The predicted molar refractivity (Wildman–Crippen MR) is 112 cm³/mol. The Morgan fingerprint density at radius 1 is 1.13 bits per heavy atom. The Bertz CT molecular complexity index is 1140. The van der Waals surface area contributed by atoms with Crippen molar-refractivity contribution >= 4 is 21.7 Å². The summed E-state index contributed by atoms with van der Waals surface area (Å²) in [6, 6.07) is 8.21. The van der Waals surface area contributed by atoms with E-state index in [1.807, 2.05) is 0 Å². The highest BCUT2D eigenvalue weighted by molar-refractivity contribution is 7.89. The summed E-state index contributed by atoms with van der Waals surface area (Å²) in [5, 5.41) is 12.8. The van der Waals surface area contributed by atoms with Gasteiger partial charge in [-0.3, -0.25) is 0 Å². The van der Waals surface area contributed by atoms with Crippen molar-refractivity contribution in [2.45, 2.75) is 49.8 Å². The van der Waals surface area contributed by atoms with Crippen LogP contribution in [0.1, 0.15) is 48.0 Å². The highest BCUT2D eigenvalue weighted by Crippen LogP contribution is 2.45.